The summed E-state index contributed by atoms with van der Waals surface area (Å²) in [6.45, 7) is 0.767. The van der Waals surface area contributed by atoms with Crippen LogP contribution in [0.1, 0.15) is 23.3 Å². The molecule has 106 valence electrons. The summed E-state index contributed by atoms with van der Waals surface area (Å²) < 4.78 is 0. The van der Waals surface area contributed by atoms with Gasteiger partial charge < -0.3 is 10.3 Å². The van der Waals surface area contributed by atoms with E-state index in [9.17, 15) is 4.79 Å². The molecule has 0 aliphatic heterocycles. The molecule has 5 nitrogen and oxygen atoms in total. The molecule has 3 aromatic heterocycles. The average Bonchev–Trinajstić information content (AvgIpc) is 3.02. The number of hydrogen-bond acceptors (Lipinski definition) is 4. The lowest BCUT2D eigenvalue weighted by atomic mass is 10.2. The Morgan fingerprint density at radius 1 is 1.43 bits per heavy atom. The first kappa shape index (κ1) is 12.5. The number of pyridine rings is 1. The number of fused-ring (bicyclic) bond motifs is 1. The zero-order chi connectivity index (χ0) is 14.2. The number of nitrogens with one attached hydrogen (secondary N) is 2. The fourth-order valence-corrected chi connectivity index (χ4v) is 3.14. The van der Waals surface area contributed by atoms with Gasteiger partial charge in [0, 0.05) is 35.3 Å². The molecule has 0 unspecified atom stereocenters. The van der Waals surface area contributed by atoms with Crippen LogP contribution in [-0.4, -0.2) is 27.4 Å². The maximum atomic E-state index is 12.0. The molecule has 4 rings (SSSR count). The molecule has 0 bridgehead atoms. The molecule has 1 saturated carbocycles. The number of rotatable bonds is 4. The van der Waals surface area contributed by atoms with Gasteiger partial charge in [0.1, 0.15) is 16.3 Å². The fourth-order valence-electron chi connectivity index (χ4n) is 2.30. The minimum atomic E-state index is -0.0798. The minimum Gasteiger partial charge on any atom is -0.350 e. The monoisotopic (exact) mass is 298 g/mol. The number of hydrogen-bond donors (Lipinski definition) is 2. The summed E-state index contributed by atoms with van der Waals surface area (Å²) in [6.07, 6.45) is 6.07. The first-order valence-corrected chi connectivity index (χ1v) is 7.85. The van der Waals surface area contributed by atoms with E-state index in [0.717, 1.165) is 28.1 Å². The smallest absolute Gasteiger partial charge is 0.270 e. The Hall–Kier alpha value is -2.21. The van der Waals surface area contributed by atoms with Crippen LogP contribution < -0.4 is 5.32 Å². The van der Waals surface area contributed by atoms with Crippen LogP contribution >= 0.6 is 11.3 Å². The van der Waals surface area contributed by atoms with Crippen molar-refractivity contribution in [1.82, 2.24) is 20.3 Å². The molecule has 1 aliphatic carbocycles. The zero-order valence-corrected chi connectivity index (χ0v) is 12.1. The number of H-pyrrole nitrogens is 1. The highest BCUT2D eigenvalue weighted by Crippen LogP contribution is 2.30. The van der Waals surface area contributed by atoms with Crippen molar-refractivity contribution in [1.29, 1.82) is 0 Å². The van der Waals surface area contributed by atoms with Crippen molar-refractivity contribution in [3.63, 3.8) is 0 Å². The second-order valence-corrected chi connectivity index (χ2v) is 6.15. The predicted octanol–water partition coefficient (Wildman–Crippen LogP) is 2.83. The van der Waals surface area contributed by atoms with E-state index in [0.29, 0.717) is 11.6 Å². The van der Waals surface area contributed by atoms with Crippen LogP contribution in [0.25, 0.3) is 21.6 Å². The van der Waals surface area contributed by atoms with E-state index in [1.165, 1.54) is 24.2 Å². The van der Waals surface area contributed by atoms with Gasteiger partial charge in [0.15, 0.2) is 0 Å². The Morgan fingerprint density at radius 2 is 2.33 bits per heavy atom. The number of nitrogens with zero attached hydrogens (tertiary/aromatic N) is 2. The van der Waals surface area contributed by atoms with Crippen molar-refractivity contribution in [3.8, 4) is 10.6 Å². The van der Waals surface area contributed by atoms with Crippen molar-refractivity contribution in [3.05, 3.63) is 35.6 Å². The van der Waals surface area contributed by atoms with Gasteiger partial charge in [-0.1, -0.05) is 0 Å². The van der Waals surface area contributed by atoms with Gasteiger partial charge in [-0.05, 0) is 30.9 Å². The maximum absolute atomic E-state index is 12.0. The van der Waals surface area contributed by atoms with Crippen LogP contribution in [0.4, 0.5) is 0 Å². The minimum absolute atomic E-state index is 0.0798. The molecular formula is C15H14N4OS. The van der Waals surface area contributed by atoms with E-state index >= 15 is 0 Å². The van der Waals surface area contributed by atoms with E-state index in [4.69, 9.17) is 0 Å². The standard InChI is InChI=1S/C15H14N4OS/c20-14(18-7-9-1-2-9)12-8-21-15(19-12)11-4-6-17-13-10(11)3-5-16-13/h3-6,8-9H,1-2,7H2,(H,16,17)(H,18,20). The van der Waals surface area contributed by atoms with Crippen molar-refractivity contribution < 1.29 is 4.79 Å². The largest absolute Gasteiger partial charge is 0.350 e. The van der Waals surface area contributed by atoms with Gasteiger partial charge in [0.2, 0.25) is 0 Å². The normalized spacial score (nSPS) is 14.5. The first-order valence-electron chi connectivity index (χ1n) is 6.97. The molecule has 1 amide bonds. The molecule has 0 radical (unpaired) electrons. The summed E-state index contributed by atoms with van der Waals surface area (Å²) >= 11 is 1.49. The lowest BCUT2D eigenvalue weighted by Crippen LogP contribution is -2.25. The van der Waals surface area contributed by atoms with E-state index in [-0.39, 0.29) is 5.91 Å². The summed E-state index contributed by atoms with van der Waals surface area (Å²) in [4.78, 5) is 23.9. The number of carbonyl (C=O) groups is 1. The molecule has 0 aromatic carbocycles. The molecule has 3 aromatic rings. The van der Waals surface area contributed by atoms with E-state index in [2.05, 4.69) is 20.3 Å². The second-order valence-electron chi connectivity index (χ2n) is 5.29. The van der Waals surface area contributed by atoms with Gasteiger partial charge in [-0.2, -0.15) is 0 Å². The SMILES string of the molecule is O=C(NCC1CC1)c1csc(-c2ccnc3[nH]ccc23)n1. The van der Waals surface area contributed by atoms with E-state index in [1.807, 2.05) is 23.7 Å². The number of aromatic nitrogens is 3. The quantitative estimate of drug-likeness (QED) is 0.778. The molecule has 1 aliphatic rings. The fraction of sp³-hybridized carbons (Fsp3) is 0.267. The van der Waals surface area contributed by atoms with Crippen LogP contribution in [0.3, 0.4) is 0 Å². The third-order valence-electron chi connectivity index (χ3n) is 3.68. The molecule has 6 heteroatoms. The summed E-state index contributed by atoms with van der Waals surface area (Å²) in [7, 11) is 0. The average molecular weight is 298 g/mol. The van der Waals surface area contributed by atoms with Gasteiger partial charge >= 0.3 is 0 Å². The van der Waals surface area contributed by atoms with Crippen molar-refractivity contribution in [2.24, 2.45) is 5.92 Å². The summed E-state index contributed by atoms with van der Waals surface area (Å²) in [5, 5.41) is 6.63. The summed E-state index contributed by atoms with van der Waals surface area (Å²) in [5.41, 5.74) is 2.34. The van der Waals surface area contributed by atoms with E-state index in [1.54, 1.807) is 6.20 Å². The molecule has 0 atom stereocenters. The van der Waals surface area contributed by atoms with Gasteiger partial charge in [-0.15, -0.1) is 11.3 Å². The Bertz CT molecular complexity index is 803. The molecule has 0 spiro atoms. The van der Waals surface area contributed by atoms with Crippen LogP contribution in [0.5, 0.6) is 0 Å². The molecule has 0 saturated heterocycles. The van der Waals surface area contributed by atoms with Gasteiger partial charge in [0.25, 0.3) is 5.91 Å². The Morgan fingerprint density at radius 3 is 3.19 bits per heavy atom. The lowest BCUT2D eigenvalue weighted by Gasteiger charge is -2.00. The predicted molar refractivity (Wildman–Crippen MR) is 82.3 cm³/mol. The maximum Gasteiger partial charge on any atom is 0.270 e. The van der Waals surface area contributed by atoms with Crippen LogP contribution in [0, 0.1) is 5.92 Å². The van der Waals surface area contributed by atoms with Crippen molar-refractivity contribution in [2.75, 3.05) is 6.54 Å². The second kappa shape index (κ2) is 4.96. The highest BCUT2D eigenvalue weighted by atomic mass is 32.1. The molecule has 3 heterocycles. The van der Waals surface area contributed by atoms with Crippen LogP contribution in [0.15, 0.2) is 29.9 Å². The van der Waals surface area contributed by atoms with Crippen LogP contribution in [-0.2, 0) is 0 Å². The Kier molecular flexibility index (Phi) is 2.96. The van der Waals surface area contributed by atoms with Gasteiger partial charge in [-0.25, -0.2) is 9.97 Å². The third-order valence-corrected chi connectivity index (χ3v) is 4.55. The zero-order valence-electron chi connectivity index (χ0n) is 11.3. The number of aromatic amines is 1. The number of thiazole rings is 1. The Labute approximate surface area is 125 Å². The third kappa shape index (κ3) is 2.42. The summed E-state index contributed by atoms with van der Waals surface area (Å²) in [6, 6.07) is 3.91. The molecule has 1 fully saturated rings. The number of carbonyl (C=O) groups excluding carboxylic acids is 1. The van der Waals surface area contributed by atoms with Gasteiger partial charge in [-0.3, -0.25) is 4.79 Å². The lowest BCUT2D eigenvalue weighted by molar-refractivity contribution is 0.0947. The topological polar surface area (TPSA) is 70.7 Å². The van der Waals surface area contributed by atoms with Gasteiger partial charge in [0.05, 0.1) is 0 Å². The molecule has 2 N–H and O–H groups in total. The molecular weight excluding hydrogens is 284 g/mol. The first-order chi connectivity index (χ1) is 10.3. The van der Waals surface area contributed by atoms with Crippen molar-refractivity contribution >= 4 is 28.3 Å². The number of amides is 1. The van der Waals surface area contributed by atoms with Crippen LogP contribution in [0.2, 0.25) is 0 Å². The highest BCUT2D eigenvalue weighted by Gasteiger charge is 2.22. The summed E-state index contributed by atoms with van der Waals surface area (Å²) in [5.74, 6) is 0.593. The Balaban J connectivity index is 1.61. The van der Waals surface area contributed by atoms with E-state index < -0.39 is 0 Å². The molecule has 21 heavy (non-hydrogen) atoms. The van der Waals surface area contributed by atoms with Crippen molar-refractivity contribution in [2.45, 2.75) is 12.8 Å². The highest BCUT2D eigenvalue weighted by molar-refractivity contribution is 7.13.